The van der Waals surface area contributed by atoms with Gasteiger partial charge in [-0.2, -0.15) is 26.3 Å². The highest BCUT2D eigenvalue weighted by molar-refractivity contribution is 5.71. The second-order valence-corrected chi connectivity index (χ2v) is 11.8. The van der Waals surface area contributed by atoms with Crippen LogP contribution < -0.4 is 4.74 Å². The molecule has 2 saturated carbocycles. The second kappa shape index (κ2) is 9.96. The number of nitrogens with zero attached hydrogens (tertiary/aromatic N) is 1. The van der Waals surface area contributed by atoms with Gasteiger partial charge in [-0.15, -0.1) is 0 Å². The van der Waals surface area contributed by atoms with E-state index < -0.39 is 52.6 Å². The van der Waals surface area contributed by atoms with Gasteiger partial charge in [-0.25, -0.2) is 0 Å². The van der Waals surface area contributed by atoms with Gasteiger partial charge in [0.05, 0.1) is 17.0 Å². The first-order valence-electron chi connectivity index (χ1n) is 13.6. The van der Waals surface area contributed by atoms with Gasteiger partial charge in [-0.3, -0.25) is 9.69 Å². The first-order chi connectivity index (χ1) is 18.6. The van der Waals surface area contributed by atoms with Gasteiger partial charge in [-0.1, -0.05) is 19.1 Å². The van der Waals surface area contributed by atoms with Crippen LogP contribution >= 0.6 is 0 Å². The molecule has 0 saturated heterocycles. The number of aliphatic carboxylic acids is 1. The molecule has 2 aliphatic carbocycles. The summed E-state index contributed by atoms with van der Waals surface area (Å²) in [5, 5.41) is 9.63. The van der Waals surface area contributed by atoms with Crippen LogP contribution in [0.4, 0.5) is 26.3 Å². The van der Waals surface area contributed by atoms with Crippen molar-refractivity contribution in [1.29, 1.82) is 0 Å². The fourth-order valence-corrected chi connectivity index (χ4v) is 6.56. The molecule has 10 heteroatoms. The van der Waals surface area contributed by atoms with Crippen LogP contribution in [0.2, 0.25) is 0 Å². The number of rotatable bonds is 7. The lowest BCUT2D eigenvalue weighted by molar-refractivity contribution is -0.142. The fourth-order valence-electron chi connectivity index (χ4n) is 6.56. The average molecular weight is 570 g/mol. The third-order valence-electron chi connectivity index (χ3n) is 9.25. The van der Waals surface area contributed by atoms with Crippen LogP contribution in [0.15, 0.2) is 36.4 Å². The summed E-state index contributed by atoms with van der Waals surface area (Å²) in [4.78, 5) is 13.5. The van der Waals surface area contributed by atoms with E-state index >= 15 is 0 Å². The predicted molar refractivity (Wildman–Crippen MR) is 136 cm³/mol. The van der Waals surface area contributed by atoms with Crippen molar-refractivity contribution in [2.24, 2.45) is 11.8 Å². The van der Waals surface area contributed by atoms with Crippen molar-refractivity contribution in [2.45, 2.75) is 88.3 Å². The summed E-state index contributed by atoms with van der Waals surface area (Å²) in [5.41, 5.74) is -1.09. The molecule has 4 nitrogen and oxygen atoms in total. The molecule has 0 amide bonds. The molecule has 2 fully saturated rings. The van der Waals surface area contributed by atoms with Crippen molar-refractivity contribution >= 4 is 5.97 Å². The maximum Gasteiger partial charge on any atom is 0.416 e. The standard InChI is InChI=1S/C30H33F6NO3/c1-16(27(38)39)26(19-5-6-19)20-7-4-18-10-11-28(40-25(18)12-20)14-22(15-28)37(3)17(2)23-13-21(29(31,32)33)8-9-24(23)30(34,35)36/h4,7-9,12-13,16-17,19,22,26H,5-6,10-11,14-15H2,1-3H3,(H,38,39)/t16-,17-,22?,26?,28?/m0/s1. The number of hydrogen-bond donors (Lipinski definition) is 1. The normalized spacial score (nSPS) is 25.1. The number of alkyl halides is 6. The van der Waals surface area contributed by atoms with Gasteiger partial charge in [0.15, 0.2) is 0 Å². The molecular weight excluding hydrogens is 536 g/mol. The Hall–Kier alpha value is -2.75. The van der Waals surface area contributed by atoms with Gasteiger partial charge < -0.3 is 9.84 Å². The molecule has 2 aromatic rings. The Labute approximate surface area is 229 Å². The molecule has 218 valence electrons. The van der Waals surface area contributed by atoms with Crippen molar-refractivity contribution in [2.75, 3.05) is 7.05 Å². The largest absolute Gasteiger partial charge is 0.487 e. The number of benzene rings is 2. The Morgan fingerprint density at radius 1 is 1.02 bits per heavy atom. The monoisotopic (exact) mass is 569 g/mol. The van der Waals surface area contributed by atoms with E-state index in [1.165, 1.54) is 6.92 Å². The number of carboxylic acids is 1. The molecule has 1 unspecified atom stereocenters. The molecule has 0 radical (unpaired) electrons. The van der Waals surface area contributed by atoms with Gasteiger partial charge in [0, 0.05) is 24.9 Å². The topological polar surface area (TPSA) is 49.8 Å². The maximum absolute atomic E-state index is 13.7. The summed E-state index contributed by atoms with van der Waals surface area (Å²) in [6.45, 7) is 3.23. The first-order valence-corrected chi connectivity index (χ1v) is 13.6. The third-order valence-corrected chi connectivity index (χ3v) is 9.25. The average Bonchev–Trinajstić information content (AvgIpc) is 3.69. The van der Waals surface area contributed by atoms with E-state index in [1.54, 1.807) is 18.9 Å². The molecular formula is C30H33F6NO3. The number of aryl methyl sites for hydroxylation is 1. The lowest BCUT2D eigenvalue weighted by Crippen LogP contribution is -2.58. The summed E-state index contributed by atoms with van der Waals surface area (Å²) >= 11 is 0. The number of carboxylic acid groups (broad SMARTS) is 1. The zero-order valence-electron chi connectivity index (χ0n) is 22.6. The van der Waals surface area contributed by atoms with Crippen molar-refractivity contribution in [3.63, 3.8) is 0 Å². The van der Waals surface area contributed by atoms with Gasteiger partial charge in [0.1, 0.15) is 11.4 Å². The Morgan fingerprint density at radius 3 is 2.27 bits per heavy atom. The molecule has 3 aliphatic rings. The summed E-state index contributed by atoms with van der Waals surface area (Å²) in [5.74, 6) is -0.398. The second-order valence-electron chi connectivity index (χ2n) is 11.8. The van der Waals surface area contributed by atoms with Gasteiger partial charge in [-0.05, 0) is 92.4 Å². The van der Waals surface area contributed by atoms with Crippen molar-refractivity contribution in [3.05, 3.63) is 64.2 Å². The number of fused-ring (bicyclic) bond motifs is 1. The zero-order chi connectivity index (χ0) is 29.2. The van der Waals surface area contributed by atoms with Gasteiger partial charge in [0.2, 0.25) is 0 Å². The maximum atomic E-state index is 13.7. The predicted octanol–water partition coefficient (Wildman–Crippen LogP) is 7.86. The van der Waals surface area contributed by atoms with E-state index in [1.807, 2.05) is 18.2 Å². The van der Waals surface area contributed by atoms with Crippen molar-refractivity contribution < 1.29 is 41.0 Å². The molecule has 0 aromatic heterocycles. The van der Waals surface area contributed by atoms with E-state index in [-0.39, 0.29) is 12.0 Å². The van der Waals surface area contributed by atoms with Crippen LogP contribution in [-0.4, -0.2) is 34.7 Å². The lowest BCUT2D eigenvalue weighted by Gasteiger charge is -2.53. The molecule has 40 heavy (non-hydrogen) atoms. The number of halogens is 6. The fraction of sp³-hybridized carbons (Fsp3) is 0.567. The third kappa shape index (κ3) is 5.43. The minimum atomic E-state index is -4.78. The quantitative estimate of drug-likeness (QED) is 0.345. The van der Waals surface area contributed by atoms with E-state index in [2.05, 4.69) is 0 Å². The molecule has 2 aromatic carbocycles. The lowest BCUT2D eigenvalue weighted by atomic mass is 9.69. The first kappa shape index (κ1) is 28.8. The van der Waals surface area contributed by atoms with E-state index in [0.717, 1.165) is 42.6 Å². The summed E-state index contributed by atoms with van der Waals surface area (Å²) in [6.07, 6.45) is -4.97. The minimum absolute atomic E-state index is 0.0966. The Morgan fingerprint density at radius 2 is 1.70 bits per heavy atom. The zero-order valence-corrected chi connectivity index (χ0v) is 22.6. The number of carbonyl (C=O) groups is 1. The Balaban J connectivity index is 1.32. The van der Waals surface area contributed by atoms with E-state index in [0.29, 0.717) is 37.0 Å². The Bertz CT molecular complexity index is 1280. The summed E-state index contributed by atoms with van der Waals surface area (Å²) < 4.78 is 87.6. The number of hydrogen-bond acceptors (Lipinski definition) is 3. The van der Waals surface area contributed by atoms with Crippen LogP contribution in [0.5, 0.6) is 5.75 Å². The summed E-state index contributed by atoms with van der Waals surface area (Å²) in [6, 6.07) is 6.49. The van der Waals surface area contributed by atoms with Crippen molar-refractivity contribution in [3.8, 4) is 5.75 Å². The van der Waals surface area contributed by atoms with Gasteiger partial charge >= 0.3 is 18.3 Å². The molecule has 3 atom stereocenters. The van der Waals surface area contributed by atoms with Crippen LogP contribution in [0.1, 0.15) is 85.7 Å². The van der Waals surface area contributed by atoms with Crippen LogP contribution in [0.25, 0.3) is 0 Å². The van der Waals surface area contributed by atoms with E-state index in [4.69, 9.17) is 4.74 Å². The van der Waals surface area contributed by atoms with Crippen LogP contribution in [-0.2, 0) is 23.6 Å². The number of ether oxygens (including phenoxy) is 1. The van der Waals surface area contributed by atoms with Crippen LogP contribution in [0.3, 0.4) is 0 Å². The van der Waals surface area contributed by atoms with E-state index in [9.17, 15) is 36.2 Å². The molecule has 1 heterocycles. The van der Waals surface area contributed by atoms with Crippen LogP contribution in [0, 0.1) is 11.8 Å². The molecule has 1 N–H and O–H groups in total. The SMILES string of the molecule is C[C@H](C(=O)O)C(c1ccc2c(c1)OC1(CC2)CC(N(C)[C@@H](C)c2cc(C(F)(F)F)ccc2C(F)(F)F)C1)C1CC1. The smallest absolute Gasteiger partial charge is 0.416 e. The summed E-state index contributed by atoms with van der Waals surface area (Å²) in [7, 11) is 1.64. The molecule has 1 aliphatic heterocycles. The molecule has 1 spiro atoms. The van der Waals surface area contributed by atoms with Gasteiger partial charge in [0.25, 0.3) is 0 Å². The molecule has 0 bridgehead atoms. The highest BCUT2D eigenvalue weighted by Crippen LogP contribution is 2.51. The Kier molecular flexibility index (Phi) is 7.16. The highest BCUT2D eigenvalue weighted by atomic mass is 19.4. The van der Waals surface area contributed by atoms with Crippen molar-refractivity contribution in [1.82, 2.24) is 4.90 Å². The minimum Gasteiger partial charge on any atom is -0.487 e. The highest BCUT2D eigenvalue weighted by Gasteiger charge is 2.51. The molecule has 5 rings (SSSR count).